The highest BCUT2D eigenvalue weighted by atomic mass is 15.9. The van der Waals surface area contributed by atoms with Gasteiger partial charge in [0.1, 0.15) is 0 Å². The van der Waals surface area contributed by atoms with Gasteiger partial charge in [-0.3, -0.25) is 0 Å². The molecule has 1 aliphatic rings. The number of rotatable bonds is 2. The third kappa shape index (κ3) is 1.32. The van der Waals surface area contributed by atoms with Crippen molar-refractivity contribution >= 4 is 5.84 Å². The molecule has 0 saturated carbocycles. The van der Waals surface area contributed by atoms with E-state index in [1.807, 2.05) is 0 Å². The van der Waals surface area contributed by atoms with Crippen LogP contribution in [0.3, 0.4) is 0 Å². The van der Waals surface area contributed by atoms with Crippen molar-refractivity contribution in [2.24, 2.45) is 5.10 Å². The molecule has 0 aliphatic carbocycles. The Kier molecular flexibility index (Phi) is 1.59. The zero-order valence-electron chi connectivity index (χ0n) is 6.39. The number of amidine groups is 1. The molecule has 0 atom stereocenters. The number of hydrogen-bond acceptors (Lipinski definition) is 6. The largest absolute Gasteiger partial charge is 0.386 e. The van der Waals surface area contributed by atoms with Crippen LogP contribution in [-0.4, -0.2) is 31.6 Å². The number of H-pyrrole nitrogens is 1. The Hall–Kier alpha value is -1.70. The van der Waals surface area contributed by atoms with Gasteiger partial charge >= 0.3 is 0 Å². The molecule has 2 heterocycles. The Balaban J connectivity index is 1.97. The van der Waals surface area contributed by atoms with Crippen LogP contribution in [0, 0.1) is 0 Å². The number of hydrogen-bond donors (Lipinski definition) is 2. The normalized spacial score (nSPS) is 16.1. The van der Waals surface area contributed by atoms with Crippen LogP contribution < -0.4 is 5.53 Å². The molecular weight excluding hydrogens is 160 g/mol. The Morgan fingerprint density at radius 1 is 1.58 bits per heavy atom. The van der Waals surface area contributed by atoms with Crippen molar-refractivity contribution in [3.05, 3.63) is 11.3 Å². The molecule has 1 aliphatic heterocycles. The average molecular weight is 167 g/mol. The van der Waals surface area contributed by atoms with E-state index in [1.165, 1.54) is 5.12 Å². The number of hydrazone groups is 1. The van der Waals surface area contributed by atoms with E-state index in [9.17, 15) is 0 Å². The van der Waals surface area contributed by atoms with Gasteiger partial charge in [-0.1, -0.05) is 11.0 Å². The lowest BCUT2D eigenvalue weighted by Gasteiger charge is -2.18. The van der Waals surface area contributed by atoms with E-state index in [0.717, 1.165) is 0 Å². The van der Waals surface area contributed by atoms with Crippen molar-refractivity contribution < 1.29 is 0 Å². The molecule has 8 nitrogen and oxygen atoms in total. The standard InChI is InChI=1S/C4H7N8/c1-3-5-11-12(8-3)2-4-6-9-10-7-4/h11H,2H2,1H3,(H-,5,6,7,8,9,10)/q-1. The van der Waals surface area contributed by atoms with E-state index >= 15 is 0 Å². The van der Waals surface area contributed by atoms with Crippen molar-refractivity contribution in [3.63, 3.8) is 0 Å². The van der Waals surface area contributed by atoms with E-state index < -0.39 is 0 Å². The summed E-state index contributed by atoms with van der Waals surface area (Å²) in [5.74, 6) is 1.25. The van der Waals surface area contributed by atoms with E-state index in [1.54, 1.807) is 6.92 Å². The second-order valence-corrected chi connectivity index (χ2v) is 2.24. The fourth-order valence-corrected chi connectivity index (χ4v) is 0.804. The maximum atomic E-state index is 4.01. The van der Waals surface area contributed by atoms with Gasteiger partial charge in [0, 0.05) is 0 Å². The van der Waals surface area contributed by atoms with Gasteiger partial charge in [-0.15, -0.1) is 10.2 Å². The lowest BCUT2D eigenvalue weighted by Crippen LogP contribution is -2.25. The number of nitrogens with zero attached hydrogens (tertiary/aromatic N) is 6. The summed E-state index contributed by atoms with van der Waals surface area (Å²) in [6.07, 6.45) is 0. The highest BCUT2D eigenvalue weighted by Crippen LogP contribution is 2.04. The van der Waals surface area contributed by atoms with Crippen LogP contribution in [0.5, 0.6) is 0 Å². The van der Waals surface area contributed by atoms with Crippen LogP contribution in [0.2, 0.25) is 0 Å². The minimum absolute atomic E-state index is 0.442. The monoisotopic (exact) mass is 167 g/mol. The highest BCUT2D eigenvalue weighted by Gasteiger charge is 2.03. The zero-order valence-corrected chi connectivity index (χ0v) is 6.39. The molecular formula is C4H7N8-. The molecule has 2 N–H and O–H groups in total. The molecule has 1 aromatic rings. The molecule has 0 fully saturated rings. The summed E-state index contributed by atoms with van der Waals surface area (Å²) in [5, 5.41) is 18.8. The van der Waals surface area contributed by atoms with Crippen molar-refractivity contribution in [1.29, 1.82) is 0 Å². The third-order valence-electron chi connectivity index (χ3n) is 1.27. The van der Waals surface area contributed by atoms with Gasteiger partial charge in [-0.2, -0.15) is 5.21 Å². The van der Waals surface area contributed by atoms with E-state index in [-0.39, 0.29) is 0 Å². The van der Waals surface area contributed by atoms with Gasteiger partial charge in [0.2, 0.25) is 0 Å². The lowest BCUT2D eigenvalue weighted by molar-refractivity contribution is 0.229. The molecule has 0 bridgehead atoms. The molecule has 8 heteroatoms. The SMILES string of the molecule is CC1=NN(Cc2nn[nH]n2)N[N-]1. The van der Waals surface area contributed by atoms with Gasteiger partial charge in [-0.05, 0) is 6.92 Å². The first-order valence-corrected chi connectivity index (χ1v) is 3.36. The Bertz CT molecular complexity index is 275. The first kappa shape index (κ1) is 6.98. The van der Waals surface area contributed by atoms with Gasteiger partial charge in [0.15, 0.2) is 5.82 Å². The summed E-state index contributed by atoms with van der Waals surface area (Å²) in [4.78, 5) is 0. The van der Waals surface area contributed by atoms with Crippen molar-refractivity contribution in [2.75, 3.05) is 0 Å². The number of tetrazole rings is 1. The van der Waals surface area contributed by atoms with Crippen LogP contribution in [0.15, 0.2) is 5.10 Å². The number of nitrogens with one attached hydrogen (secondary N) is 2. The summed E-state index contributed by atoms with van der Waals surface area (Å²) >= 11 is 0. The fourth-order valence-electron chi connectivity index (χ4n) is 0.804. The van der Waals surface area contributed by atoms with Crippen molar-refractivity contribution in [1.82, 2.24) is 31.3 Å². The van der Waals surface area contributed by atoms with E-state index in [2.05, 4.69) is 36.7 Å². The van der Waals surface area contributed by atoms with Gasteiger partial charge in [0.25, 0.3) is 0 Å². The molecule has 0 aromatic carbocycles. The van der Waals surface area contributed by atoms with Crippen LogP contribution in [-0.2, 0) is 6.54 Å². The maximum Gasteiger partial charge on any atom is 0.195 e. The molecule has 0 radical (unpaired) electrons. The average Bonchev–Trinajstić information content (AvgIpc) is 2.63. The second-order valence-electron chi connectivity index (χ2n) is 2.24. The smallest absolute Gasteiger partial charge is 0.195 e. The quantitative estimate of drug-likeness (QED) is 0.597. The molecule has 64 valence electrons. The van der Waals surface area contributed by atoms with Crippen molar-refractivity contribution in [3.8, 4) is 0 Å². The van der Waals surface area contributed by atoms with Crippen LogP contribution in [0.4, 0.5) is 0 Å². The number of aromatic amines is 1. The molecule has 2 rings (SSSR count). The Morgan fingerprint density at radius 3 is 3.08 bits per heavy atom. The van der Waals surface area contributed by atoms with Crippen LogP contribution in [0.1, 0.15) is 12.7 Å². The topological polar surface area (TPSA) is 96.2 Å². The zero-order chi connectivity index (χ0) is 8.39. The molecule has 0 spiro atoms. The van der Waals surface area contributed by atoms with Crippen molar-refractivity contribution in [2.45, 2.75) is 13.5 Å². The van der Waals surface area contributed by atoms with E-state index in [4.69, 9.17) is 0 Å². The minimum atomic E-state index is 0.442. The summed E-state index contributed by atoms with van der Waals surface area (Å²) < 4.78 is 0. The molecule has 12 heavy (non-hydrogen) atoms. The van der Waals surface area contributed by atoms with Gasteiger partial charge in [0.05, 0.1) is 6.54 Å². The number of aromatic nitrogens is 4. The Labute approximate surface area is 68.0 Å². The first-order valence-electron chi connectivity index (χ1n) is 3.36. The number of hydrazine groups is 1. The maximum absolute atomic E-state index is 4.01. The predicted octanol–water partition coefficient (Wildman–Crippen LogP) is -0.858. The molecule has 0 unspecified atom stereocenters. The summed E-state index contributed by atoms with van der Waals surface area (Å²) in [6, 6.07) is 0. The predicted molar refractivity (Wildman–Crippen MR) is 39.3 cm³/mol. The van der Waals surface area contributed by atoms with E-state index in [0.29, 0.717) is 18.2 Å². The van der Waals surface area contributed by atoms with Crippen LogP contribution in [0.25, 0.3) is 5.43 Å². The molecule has 0 saturated heterocycles. The summed E-state index contributed by atoms with van der Waals surface area (Å²) in [5.41, 5.74) is 6.52. The first-order chi connectivity index (χ1) is 5.84. The van der Waals surface area contributed by atoms with Gasteiger partial charge < -0.3 is 15.6 Å². The Morgan fingerprint density at radius 2 is 2.50 bits per heavy atom. The molecule has 1 aromatic heterocycles. The third-order valence-corrected chi connectivity index (χ3v) is 1.27. The van der Waals surface area contributed by atoms with Crippen LogP contribution >= 0.6 is 0 Å². The highest BCUT2D eigenvalue weighted by molar-refractivity contribution is 5.91. The van der Waals surface area contributed by atoms with Gasteiger partial charge in [-0.25, -0.2) is 5.53 Å². The second kappa shape index (κ2) is 2.74. The summed E-state index contributed by atoms with van der Waals surface area (Å²) in [7, 11) is 0. The summed E-state index contributed by atoms with van der Waals surface area (Å²) in [6.45, 7) is 2.24. The molecule has 0 amide bonds. The lowest BCUT2D eigenvalue weighted by atomic mass is 10.6. The minimum Gasteiger partial charge on any atom is -0.386 e. The fraction of sp³-hybridized carbons (Fsp3) is 0.500.